The summed E-state index contributed by atoms with van der Waals surface area (Å²) in [5.74, 6) is 0. The van der Waals surface area contributed by atoms with Gasteiger partial charge in [-0.1, -0.05) is 152 Å². The Kier molecular flexibility index (Phi) is 4.46. The highest BCUT2D eigenvalue weighted by Crippen LogP contribution is 2.47. The van der Waals surface area contributed by atoms with Gasteiger partial charge in [-0.15, -0.1) is 0 Å². The van der Waals surface area contributed by atoms with Gasteiger partial charge in [0.15, 0.2) is 0 Å². The third-order valence-corrected chi connectivity index (χ3v) is 8.52. The van der Waals surface area contributed by atoms with Crippen molar-refractivity contribution in [3.8, 4) is 44.5 Å². The van der Waals surface area contributed by atoms with Crippen LogP contribution in [-0.2, 0) is 0 Å². The molecule has 1 heterocycles. The van der Waals surface area contributed by atoms with E-state index >= 15 is 0 Å². The molecule has 9 rings (SSSR count). The summed E-state index contributed by atoms with van der Waals surface area (Å²) in [5.41, 5.74) is 6.08. The first-order chi connectivity index (χ1) is 25.3. The van der Waals surface area contributed by atoms with Crippen molar-refractivity contribution in [2.45, 2.75) is 0 Å². The zero-order valence-corrected chi connectivity index (χ0v) is 24.0. The van der Waals surface area contributed by atoms with E-state index in [0.717, 1.165) is 21.9 Å². The van der Waals surface area contributed by atoms with Gasteiger partial charge >= 0.3 is 0 Å². The lowest BCUT2D eigenvalue weighted by molar-refractivity contribution is 0.669. The topological polar surface area (TPSA) is 13.1 Å². The van der Waals surface area contributed by atoms with Crippen molar-refractivity contribution in [3.63, 3.8) is 0 Å². The lowest BCUT2D eigenvalue weighted by atomic mass is 9.83. The van der Waals surface area contributed by atoms with E-state index in [0.29, 0.717) is 44.4 Å². The number of benzene rings is 8. The molecule has 1 nitrogen and oxygen atoms in total. The van der Waals surface area contributed by atoms with Crippen LogP contribution in [0.15, 0.2) is 174 Å². The molecular weight excluding hydrogens is 544 g/mol. The summed E-state index contributed by atoms with van der Waals surface area (Å²) in [6.07, 6.45) is 0. The minimum atomic E-state index is -0.405. The van der Waals surface area contributed by atoms with Crippen LogP contribution in [0.3, 0.4) is 0 Å². The van der Waals surface area contributed by atoms with Crippen LogP contribution >= 0.6 is 0 Å². The van der Waals surface area contributed by atoms with Crippen molar-refractivity contribution in [1.29, 1.82) is 0 Å². The zero-order valence-electron chi connectivity index (χ0n) is 31.0. The van der Waals surface area contributed by atoms with Crippen LogP contribution in [0.2, 0.25) is 0 Å². The summed E-state index contributed by atoms with van der Waals surface area (Å²) < 4.78 is 71.8. The fourth-order valence-corrected chi connectivity index (χ4v) is 6.47. The van der Waals surface area contributed by atoms with Gasteiger partial charge in [-0.3, -0.25) is 0 Å². The SMILES string of the molecule is [2H]c1c([2H])c([2H])c2c(-c3cccc4oc5ccccc5c34)c3c([2H])c([2H])c(-c4ccccc4)c([2H])c3c(-c3ccc(-c4ccccc4)cc3)c2c1[2H]. The monoisotopic (exact) mass is 579 g/mol. The Labute approximate surface area is 271 Å². The predicted molar refractivity (Wildman–Crippen MR) is 190 cm³/mol. The maximum Gasteiger partial charge on any atom is 0.136 e. The first-order valence-corrected chi connectivity index (χ1v) is 14.9. The quantitative estimate of drug-likeness (QED) is 0.189. The molecule has 0 aliphatic heterocycles. The van der Waals surface area contributed by atoms with E-state index in [1.165, 1.54) is 0 Å². The molecule has 0 aliphatic rings. The Morgan fingerprint density at radius 3 is 1.71 bits per heavy atom. The third-order valence-electron chi connectivity index (χ3n) is 8.52. The Bertz CT molecular complexity index is 2900. The van der Waals surface area contributed by atoms with Crippen LogP contribution in [0.5, 0.6) is 0 Å². The third kappa shape index (κ3) is 4.17. The van der Waals surface area contributed by atoms with E-state index in [1.807, 2.05) is 127 Å². The molecule has 0 atom stereocenters. The standard InChI is InChI=1S/C44H28O/c1-3-12-29(13-4-1)31-22-24-32(25-23-31)42-34-16-7-8-17-35(34)43(36-27-26-33(28-39(36)42)30-14-5-2-6-15-30)38-19-11-21-41-44(38)37-18-9-10-20-40(37)45-41/h1-28H/i7D,8D,16D,17D,26D,27D,28D. The minimum absolute atomic E-state index is 0.00382. The molecular formula is C44H28O. The van der Waals surface area contributed by atoms with Crippen molar-refractivity contribution in [2.24, 2.45) is 0 Å². The summed E-state index contributed by atoms with van der Waals surface area (Å²) in [7, 11) is 0. The second kappa shape index (κ2) is 10.4. The second-order valence-corrected chi connectivity index (χ2v) is 11.1. The van der Waals surface area contributed by atoms with Crippen LogP contribution in [0, 0.1) is 0 Å². The fourth-order valence-electron chi connectivity index (χ4n) is 6.47. The van der Waals surface area contributed by atoms with E-state index in [9.17, 15) is 6.85 Å². The molecule has 0 spiro atoms. The first-order valence-electron chi connectivity index (χ1n) is 18.4. The van der Waals surface area contributed by atoms with Gasteiger partial charge in [0.05, 0.1) is 9.60 Å². The molecule has 1 heteroatoms. The molecule has 0 amide bonds. The molecule has 1 aromatic heterocycles. The largest absolute Gasteiger partial charge is 0.456 e. The Hall–Kier alpha value is -5.92. The van der Waals surface area contributed by atoms with Gasteiger partial charge in [0, 0.05) is 10.8 Å². The molecule has 45 heavy (non-hydrogen) atoms. The van der Waals surface area contributed by atoms with Gasteiger partial charge in [-0.25, -0.2) is 0 Å². The highest BCUT2D eigenvalue weighted by atomic mass is 16.3. The lowest BCUT2D eigenvalue weighted by Gasteiger charge is -2.19. The lowest BCUT2D eigenvalue weighted by Crippen LogP contribution is -1.92. The van der Waals surface area contributed by atoms with Gasteiger partial charge in [0.1, 0.15) is 11.2 Å². The average molecular weight is 580 g/mol. The van der Waals surface area contributed by atoms with Crippen molar-refractivity contribution in [3.05, 3.63) is 170 Å². The summed E-state index contributed by atoms with van der Waals surface area (Å²) in [4.78, 5) is 0. The summed E-state index contributed by atoms with van der Waals surface area (Å²) in [5, 5.41) is 2.60. The van der Waals surface area contributed by atoms with Crippen LogP contribution < -0.4 is 0 Å². The summed E-state index contributed by atoms with van der Waals surface area (Å²) in [6.45, 7) is 0. The van der Waals surface area contributed by atoms with Gasteiger partial charge in [0.2, 0.25) is 0 Å². The van der Waals surface area contributed by atoms with Gasteiger partial charge < -0.3 is 4.42 Å². The molecule has 0 saturated carbocycles. The Morgan fingerprint density at radius 2 is 0.956 bits per heavy atom. The number of para-hydroxylation sites is 1. The van der Waals surface area contributed by atoms with E-state index in [-0.39, 0.29) is 51.9 Å². The van der Waals surface area contributed by atoms with E-state index in [2.05, 4.69) is 0 Å². The molecule has 0 N–H and O–H groups in total. The van der Waals surface area contributed by atoms with Crippen LogP contribution in [0.1, 0.15) is 9.60 Å². The zero-order chi connectivity index (χ0) is 35.8. The van der Waals surface area contributed by atoms with Crippen LogP contribution in [0.25, 0.3) is 88.0 Å². The summed E-state index contributed by atoms with van der Waals surface area (Å²) in [6, 6.07) is 38.4. The second-order valence-electron chi connectivity index (χ2n) is 11.1. The van der Waals surface area contributed by atoms with Crippen LogP contribution in [0.4, 0.5) is 0 Å². The molecule has 0 aliphatic carbocycles. The van der Waals surface area contributed by atoms with Gasteiger partial charge in [-0.05, 0) is 84.2 Å². The van der Waals surface area contributed by atoms with E-state index in [1.54, 1.807) is 0 Å². The fraction of sp³-hybridized carbons (Fsp3) is 0. The van der Waals surface area contributed by atoms with Gasteiger partial charge in [-0.2, -0.15) is 0 Å². The Balaban J connectivity index is 1.55. The normalized spacial score (nSPS) is 13.7. The molecule has 0 saturated heterocycles. The predicted octanol–water partition coefficient (Wildman–Crippen LogP) is 12.6. The number of fused-ring (bicyclic) bond motifs is 5. The van der Waals surface area contributed by atoms with E-state index < -0.39 is 12.1 Å². The smallest absolute Gasteiger partial charge is 0.136 e. The molecule has 0 bridgehead atoms. The molecule has 8 aromatic carbocycles. The highest BCUT2D eigenvalue weighted by Gasteiger charge is 2.20. The number of furan rings is 1. The van der Waals surface area contributed by atoms with Crippen molar-refractivity contribution in [2.75, 3.05) is 0 Å². The number of rotatable bonds is 4. The number of hydrogen-bond donors (Lipinski definition) is 0. The highest BCUT2D eigenvalue weighted by molar-refractivity contribution is 6.26. The molecule has 0 unspecified atom stereocenters. The maximum atomic E-state index is 9.89. The molecule has 210 valence electrons. The van der Waals surface area contributed by atoms with Gasteiger partial charge in [0.25, 0.3) is 0 Å². The van der Waals surface area contributed by atoms with Crippen molar-refractivity contribution in [1.82, 2.24) is 0 Å². The Morgan fingerprint density at radius 1 is 0.378 bits per heavy atom. The maximum absolute atomic E-state index is 9.89. The average Bonchev–Trinajstić information content (AvgIpc) is 3.57. The molecule has 0 radical (unpaired) electrons. The molecule has 0 fully saturated rings. The van der Waals surface area contributed by atoms with E-state index in [4.69, 9.17) is 7.16 Å². The van der Waals surface area contributed by atoms with Crippen molar-refractivity contribution >= 4 is 43.5 Å². The first kappa shape index (κ1) is 19.4. The van der Waals surface area contributed by atoms with Crippen LogP contribution in [-0.4, -0.2) is 0 Å². The van der Waals surface area contributed by atoms with Crippen molar-refractivity contribution < 1.29 is 14.0 Å². The number of hydrogen-bond acceptors (Lipinski definition) is 1. The summed E-state index contributed by atoms with van der Waals surface area (Å²) >= 11 is 0. The minimum Gasteiger partial charge on any atom is -0.456 e. The molecule has 9 aromatic rings.